The van der Waals surface area contributed by atoms with Crippen LogP contribution < -0.4 is 51.6 Å². The van der Waals surface area contributed by atoms with Crippen LogP contribution in [0.4, 0.5) is 51.2 Å². The normalized spacial score (nSPS) is 23.6. The second-order valence-corrected chi connectivity index (χ2v) is 8.78. The van der Waals surface area contributed by atoms with Gasteiger partial charge in [0.15, 0.2) is 0 Å². The van der Waals surface area contributed by atoms with Gasteiger partial charge in [-0.25, -0.2) is 0 Å². The molecule has 0 radical (unpaired) electrons. The van der Waals surface area contributed by atoms with Crippen LogP contribution in [-0.4, -0.2) is 16.7 Å². The Bertz CT molecular complexity index is 996. The molecule has 0 unspecified atom stereocenters. The van der Waals surface area contributed by atoms with Crippen LogP contribution in [0.3, 0.4) is 0 Å². The molecular weight excluding hydrogens is 483 g/mol. The summed E-state index contributed by atoms with van der Waals surface area (Å²) in [5.74, 6) is -0.434. The lowest BCUT2D eigenvalue weighted by Gasteiger charge is -2.50. The molecule has 0 amide bonds. The molecule has 0 aromatic heterocycles. The molecule has 1 fully saturated rings. The van der Waals surface area contributed by atoms with Gasteiger partial charge in [0.05, 0.1) is 51.2 Å². The molecule has 2 aromatic carbocycles. The number of nitrogen functional groups attached to an aromatic ring is 8. The Kier molecular flexibility index (Phi) is 4.99. The third-order valence-corrected chi connectivity index (χ3v) is 7.53. The minimum absolute atomic E-state index is 0.0565. The van der Waals surface area contributed by atoms with Gasteiger partial charge in [0.2, 0.25) is 0 Å². The Morgan fingerprint density at radius 2 is 1.10 bits per heavy atom. The van der Waals surface area contributed by atoms with Crippen LogP contribution in [0.5, 0.6) is 0 Å². The second kappa shape index (κ2) is 6.91. The van der Waals surface area contributed by atoms with Crippen molar-refractivity contribution in [1.82, 2.24) is 0 Å². The number of aliphatic imine (C=N–C) groups is 1. The van der Waals surface area contributed by atoms with Gasteiger partial charge in [-0.15, -0.1) is 0 Å². The average Bonchev–Trinajstić information content (AvgIpc) is 2.70. The van der Waals surface area contributed by atoms with Crippen LogP contribution in [0.2, 0.25) is 0 Å². The number of alkyl halides is 1. The van der Waals surface area contributed by atoms with Crippen molar-refractivity contribution in [2.75, 3.05) is 45.9 Å². The summed E-state index contributed by atoms with van der Waals surface area (Å²) in [6, 6.07) is -0.409. The number of benzene rings is 2. The highest BCUT2D eigenvalue weighted by Crippen LogP contribution is 2.59. The Morgan fingerprint density at radius 3 is 1.55 bits per heavy atom. The average molecular weight is 510 g/mol. The van der Waals surface area contributed by atoms with Crippen LogP contribution in [0, 0.1) is 6.92 Å². The number of rotatable bonds is 3. The number of nitrogens with two attached hydrogens (primary N) is 9. The zero-order chi connectivity index (χ0) is 21.9. The number of nitrogens with zero attached hydrogens (tertiary/aromatic N) is 1. The van der Waals surface area contributed by atoms with Crippen molar-refractivity contribution in [1.29, 1.82) is 0 Å². The summed E-state index contributed by atoms with van der Waals surface area (Å²) in [6.07, 6.45) is 0. The fourth-order valence-electron chi connectivity index (χ4n) is 4.11. The first-order valence-electron chi connectivity index (χ1n) is 8.81. The largest absolute Gasteiger partial charge is 0.397 e. The summed E-state index contributed by atoms with van der Waals surface area (Å²) in [5.41, 5.74) is 60.5. The topological polar surface area (TPSA) is 247 Å². The van der Waals surface area contributed by atoms with Gasteiger partial charge in [0, 0.05) is 32.9 Å². The molecule has 0 spiro atoms. The molecule has 3 rings (SSSR count). The Hall–Kier alpha value is -2.80. The number of hydrogen-bond donors (Lipinski definition) is 9. The maximum absolute atomic E-state index is 6.60. The molecule has 2 aromatic rings. The SMILES string of the molecule is C=Nc1c(N)c(C)c(N)c(N)c1[C@@H]1[C@H](N)[C@@H](c2c(N)c(N)c(N)c(N)c2N)[C@@H]1I. The molecule has 0 bridgehead atoms. The highest BCUT2D eigenvalue weighted by Gasteiger charge is 2.52. The van der Waals surface area contributed by atoms with Crippen molar-refractivity contribution in [2.24, 2.45) is 10.7 Å². The summed E-state index contributed by atoms with van der Waals surface area (Å²) < 4.78 is -0.0565. The fraction of sp³-hybridized carbons (Fsp3) is 0.278. The molecule has 1 aliphatic carbocycles. The number of hydrogen-bond acceptors (Lipinski definition) is 10. The van der Waals surface area contributed by atoms with Crippen LogP contribution in [-0.2, 0) is 0 Å². The molecule has 0 aliphatic heterocycles. The van der Waals surface area contributed by atoms with Gasteiger partial charge in [0.25, 0.3) is 0 Å². The highest BCUT2D eigenvalue weighted by molar-refractivity contribution is 14.1. The minimum Gasteiger partial charge on any atom is -0.397 e. The van der Waals surface area contributed by atoms with E-state index < -0.39 is 6.04 Å². The first-order chi connectivity index (χ1) is 13.5. The Labute approximate surface area is 182 Å². The highest BCUT2D eigenvalue weighted by atomic mass is 127. The van der Waals surface area contributed by atoms with Gasteiger partial charge >= 0.3 is 0 Å². The molecule has 29 heavy (non-hydrogen) atoms. The van der Waals surface area contributed by atoms with E-state index in [4.69, 9.17) is 51.6 Å². The standard InChI is InChI=1S/C18H27IN10/c1-3-9(20)14(25)7(18(29-2)10(3)21)5-8(19)4(11(5)22)6-12(23)15(26)17(28)16(27)13(6)24/h4-5,8,11H,2,20-28H2,1H3/t4-,5-,8-,11+/m0/s1. The summed E-state index contributed by atoms with van der Waals surface area (Å²) in [7, 11) is 0. The minimum atomic E-state index is -0.409. The molecule has 1 saturated carbocycles. The van der Waals surface area contributed by atoms with Crippen molar-refractivity contribution >= 4 is 80.5 Å². The molecule has 4 atom stereocenters. The van der Waals surface area contributed by atoms with Crippen LogP contribution in [0.15, 0.2) is 4.99 Å². The zero-order valence-electron chi connectivity index (χ0n) is 16.0. The van der Waals surface area contributed by atoms with E-state index in [9.17, 15) is 0 Å². The van der Waals surface area contributed by atoms with E-state index in [-0.39, 0.29) is 44.2 Å². The van der Waals surface area contributed by atoms with E-state index in [1.54, 1.807) is 6.92 Å². The third kappa shape index (κ3) is 2.68. The maximum Gasteiger partial charge on any atom is 0.0912 e. The lowest BCUT2D eigenvalue weighted by molar-refractivity contribution is 0.317. The second-order valence-electron chi connectivity index (χ2n) is 7.34. The van der Waals surface area contributed by atoms with Gasteiger partial charge in [-0.05, 0) is 19.2 Å². The molecule has 0 heterocycles. The first-order valence-corrected chi connectivity index (χ1v) is 10.1. The lowest BCUT2D eigenvalue weighted by atomic mass is 9.62. The van der Waals surface area contributed by atoms with E-state index in [1.807, 2.05) is 0 Å². The van der Waals surface area contributed by atoms with E-state index in [0.29, 0.717) is 39.4 Å². The van der Waals surface area contributed by atoms with Crippen LogP contribution >= 0.6 is 22.6 Å². The number of halogens is 1. The van der Waals surface area contributed by atoms with E-state index in [2.05, 4.69) is 34.3 Å². The van der Waals surface area contributed by atoms with E-state index in [1.165, 1.54) is 0 Å². The molecule has 11 heteroatoms. The van der Waals surface area contributed by atoms with Crippen molar-refractivity contribution in [3.8, 4) is 0 Å². The maximum atomic E-state index is 6.60. The van der Waals surface area contributed by atoms with Crippen molar-refractivity contribution < 1.29 is 0 Å². The first kappa shape index (κ1) is 20.9. The fourth-order valence-corrected chi connectivity index (χ4v) is 5.79. The molecule has 10 nitrogen and oxygen atoms in total. The zero-order valence-corrected chi connectivity index (χ0v) is 18.2. The summed E-state index contributed by atoms with van der Waals surface area (Å²) in [5, 5.41) is 0. The number of anilines is 8. The van der Waals surface area contributed by atoms with Crippen molar-refractivity contribution in [3.63, 3.8) is 0 Å². The summed E-state index contributed by atoms with van der Waals surface area (Å²) in [6.45, 7) is 5.42. The molecule has 156 valence electrons. The Morgan fingerprint density at radius 1 is 0.690 bits per heavy atom. The lowest BCUT2D eigenvalue weighted by Crippen LogP contribution is -2.54. The van der Waals surface area contributed by atoms with Crippen LogP contribution in [0.25, 0.3) is 0 Å². The van der Waals surface area contributed by atoms with E-state index in [0.717, 1.165) is 0 Å². The van der Waals surface area contributed by atoms with Gasteiger partial charge in [-0.3, -0.25) is 4.99 Å². The Balaban J connectivity index is 2.15. The monoisotopic (exact) mass is 510 g/mol. The smallest absolute Gasteiger partial charge is 0.0912 e. The van der Waals surface area contributed by atoms with Gasteiger partial charge in [0.1, 0.15) is 0 Å². The van der Waals surface area contributed by atoms with Gasteiger partial charge < -0.3 is 51.6 Å². The van der Waals surface area contributed by atoms with Gasteiger partial charge in [-0.1, -0.05) is 22.6 Å². The van der Waals surface area contributed by atoms with Crippen LogP contribution in [0.1, 0.15) is 28.5 Å². The molecule has 0 saturated heterocycles. The molecular formula is C18H27IN10. The van der Waals surface area contributed by atoms with Crippen molar-refractivity contribution in [2.45, 2.75) is 28.7 Å². The van der Waals surface area contributed by atoms with Crippen molar-refractivity contribution in [3.05, 3.63) is 16.7 Å². The predicted molar refractivity (Wildman–Crippen MR) is 133 cm³/mol. The molecule has 1 aliphatic rings. The summed E-state index contributed by atoms with van der Waals surface area (Å²) >= 11 is 2.28. The quantitative estimate of drug-likeness (QED) is 0.123. The predicted octanol–water partition coefficient (Wildman–Crippen LogP) is 0.997. The van der Waals surface area contributed by atoms with E-state index >= 15 is 0 Å². The summed E-state index contributed by atoms with van der Waals surface area (Å²) in [4.78, 5) is 4.10. The van der Waals surface area contributed by atoms with Gasteiger partial charge in [-0.2, -0.15) is 0 Å². The third-order valence-electron chi connectivity index (χ3n) is 5.98. The molecule has 18 N–H and O–H groups in total.